The molecule has 94 valence electrons. The average molecular weight is 262 g/mol. The van der Waals surface area contributed by atoms with E-state index in [-0.39, 0.29) is 5.97 Å². The largest absolute Gasteiger partial charge is 0.465 e. The number of carbonyl (C=O) groups is 1. The maximum atomic E-state index is 11.5. The van der Waals surface area contributed by atoms with Crippen LogP contribution in [0.5, 0.6) is 0 Å². The molecule has 2 rings (SSSR count). The summed E-state index contributed by atoms with van der Waals surface area (Å²) >= 11 is 1.35. The molecule has 5 heteroatoms. The fourth-order valence-electron chi connectivity index (χ4n) is 1.76. The molecule has 2 aromatic rings. The molecule has 0 saturated heterocycles. The summed E-state index contributed by atoms with van der Waals surface area (Å²) in [5, 5.41) is 0.821. The molecular weight excluding hydrogens is 248 g/mol. The Morgan fingerprint density at radius 3 is 2.33 bits per heavy atom. The van der Waals surface area contributed by atoms with Gasteiger partial charge in [0, 0.05) is 17.0 Å². The van der Waals surface area contributed by atoms with Gasteiger partial charge in [0.15, 0.2) is 0 Å². The molecule has 0 radical (unpaired) electrons. The number of ether oxygens (including phenoxy) is 1. The molecule has 0 amide bonds. The molecule has 0 spiro atoms. The second-order valence-electron chi connectivity index (χ2n) is 4.06. The van der Waals surface area contributed by atoms with Gasteiger partial charge < -0.3 is 4.74 Å². The zero-order valence-electron chi connectivity index (χ0n) is 10.8. The number of hydrogen-bond donors (Lipinski definition) is 0. The van der Waals surface area contributed by atoms with Crippen LogP contribution in [0.15, 0.2) is 12.1 Å². The standard InChI is InChI=1S/C13H14N2O2S/c1-7-5-10(6-8(2)14-7)12-15-9(3)11(18-12)13(16)17-4/h5-6H,1-4H3. The van der Waals surface area contributed by atoms with Gasteiger partial charge in [-0.2, -0.15) is 0 Å². The third-order valence-electron chi connectivity index (χ3n) is 2.50. The van der Waals surface area contributed by atoms with Crippen molar-refractivity contribution < 1.29 is 9.53 Å². The average Bonchev–Trinajstić information content (AvgIpc) is 2.69. The lowest BCUT2D eigenvalue weighted by Gasteiger charge is -2.00. The molecule has 0 unspecified atom stereocenters. The lowest BCUT2D eigenvalue weighted by atomic mass is 10.2. The quantitative estimate of drug-likeness (QED) is 0.781. The van der Waals surface area contributed by atoms with Crippen LogP contribution < -0.4 is 0 Å². The molecule has 0 aromatic carbocycles. The van der Waals surface area contributed by atoms with Crippen molar-refractivity contribution in [3.63, 3.8) is 0 Å². The Labute approximate surface area is 110 Å². The van der Waals surface area contributed by atoms with Crippen LogP contribution in [0.1, 0.15) is 26.8 Å². The van der Waals surface area contributed by atoms with E-state index < -0.39 is 0 Å². The normalized spacial score (nSPS) is 10.4. The Kier molecular flexibility index (Phi) is 3.43. The maximum Gasteiger partial charge on any atom is 0.349 e. The van der Waals surface area contributed by atoms with Gasteiger partial charge in [0.05, 0.1) is 12.8 Å². The van der Waals surface area contributed by atoms with Gasteiger partial charge in [-0.3, -0.25) is 4.98 Å². The Morgan fingerprint density at radius 1 is 1.17 bits per heavy atom. The van der Waals surface area contributed by atoms with E-state index in [9.17, 15) is 4.79 Å². The zero-order chi connectivity index (χ0) is 13.3. The number of methoxy groups -OCH3 is 1. The van der Waals surface area contributed by atoms with Crippen LogP contribution in [-0.4, -0.2) is 23.0 Å². The first-order valence-corrected chi connectivity index (χ1v) is 6.34. The topological polar surface area (TPSA) is 52.1 Å². The molecule has 0 saturated carbocycles. The second kappa shape index (κ2) is 4.86. The highest BCUT2D eigenvalue weighted by atomic mass is 32.1. The van der Waals surface area contributed by atoms with Gasteiger partial charge in [0.2, 0.25) is 0 Å². The van der Waals surface area contributed by atoms with Gasteiger partial charge in [0.25, 0.3) is 0 Å². The molecule has 0 aliphatic rings. The zero-order valence-corrected chi connectivity index (χ0v) is 11.6. The Balaban J connectivity index is 2.48. The smallest absolute Gasteiger partial charge is 0.349 e. The van der Waals surface area contributed by atoms with Crippen molar-refractivity contribution in [2.75, 3.05) is 7.11 Å². The van der Waals surface area contributed by atoms with Gasteiger partial charge in [0.1, 0.15) is 9.88 Å². The highest BCUT2D eigenvalue weighted by Crippen LogP contribution is 2.29. The van der Waals surface area contributed by atoms with Crippen molar-refractivity contribution in [3.05, 3.63) is 34.1 Å². The monoisotopic (exact) mass is 262 g/mol. The van der Waals surface area contributed by atoms with Crippen LogP contribution in [0.25, 0.3) is 10.6 Å². The van der Waals surface area contributed by atoms with Gasteiger partial charge >= 0.3 is 5.97 Å². The van der Waals surface area contributed by atoms with Crippen LogP contribution in [0, 0.1) is 20.8 Å². The van der Waals surface area contributed by atoms with Gasteiger partial charge in [-0.15, -0.1) is 11.3 Å². The number of aromatic nitrogens is 2. The summed E-state index contributed by atoms with van der Waals surface area (Å²) in [7, 11) is 1.38. The number of aryl methyl sites for hydroxylation is 3. The molecule has 18 heavy (non-hydrogen) atoms. The summed E-state index contributed by atoms with van der Waals surface area (Å²) in [6.07, 6.45) is 0. The van der Waals surface area contributed by atoms with E-state index in [1.165, 1.54) is 18.4 Å². The second-order valence-corrected chi connectivity index (χ2v) is 5.06. The van der Waals surface area contributed by atoms with Crippen molar-refractivity contribution in [2.45, 2.75) is 20.8 Å². The highest BCUT2D eigenvalue weighted by molar-refractivity contribution is 7.17. The number of hydrogen-bond acceptors (Lipinski definition) is 5. The highest BCUT2D eigenvalue weighted by Gasteiger charge is 2.16. The minimum Gasteiger partial charge on any atom is -0.465 e. The predicted octanol–water partition coefficient (Wildman–Crippen LogP) is 2.92. The van der Waals surface area contributed by atoms with Crippen molar-refractivity contribution in [3.8, 4) is 10.6 Å². The SMILES string of the molecule is COC(=O)c1sc(-c2cc(C)nc(C)c2)nc1C. The number of pyridine rings is 1. The predicted molar refractivity (Wildman–Crippen MR) is 70.9 cm³/mol. The molecule has 4 nitrogen and oxygen atoms in total. The lowest BCUT2D eigenvalue weighted by Crippen LogP contribution is -1.99. The van der Waals surface area contributed by atoms with E-state index in [0.717, 1.165) is 22.0 Å². The number of nitrogens with zero attached hydrogens (tertiary/aromatic N) is 2. The molecule has 0 N–H and O–H groups in total. The van der Waals surface area contributed by atoms with Gasteiger partial charge in [-0.05, 0) is 32.9 Å². The van der Waals surface area contributed by atoms with E-state index in [0.29, 0.717) is 10.6 Å². The summed E-state index contributed by atoms with van der Waals surface area (Å²) in [6, 6.07) is 3.93. The van der Waals surface area contributed by atoms with E-state index >= 15 is 0 Å². The number of rotatable bonds is 2. The first kappa shape index (κ1) is 12.7. The number of thiazole rings is 1. The third kappa shape index (κ3) is 2.41. The minimum absolute atomic E-state index is 0.334. The molecule has 0 aliphatic carbocycles. The minimum atomic E-state index is -0.334. The molecule has 0 fully saturated rings. The van der Waals surface area contributed by atoms with Crippen LogP contribution in [0.3, 0.4) is 0 Å². The molecule has 2 aromatic heterocycles. The van der Waals surface area contributed by atoms with Crippen LogP contribution in [-0.2, 0) is 4.74 Å². The van der Waals surface area contributed by atoms with E-state index in [2.05, 4.69) is 9.97 Å². The fraction of sp³-hybridized carbons (Fsp3) is 0.308. The van der Waals surface area contributed by atoms with Crippen molar-refractivity contribution in [1.29, 1.82) is 0 Å². The summed E-state index contributed by atoms with van der Waals surface area (Å²) in [4.78, 5) is 20.9. The summed E-state index contributed by atoms with van der Waals surface area (Å²) in [5.41, 5.74) is 3.58. The van der Waals surface area contributed by atoms with Crippen molar-refractivity contribution in [2.24, 2.45) is 0 Å². The number of carbonyl (C=O) groups excluding carboxylic acids is 1. The summed E-state index contributed by atoms with van der Waals surface area (Å²) in [6.45, 7) is 5.70. The van der Waals surface area contributed by atoms with E-state index in [1.54, 1.807) is 0 Å². The van der Waals surface area contributed by atoms with Gasteiger partial charge in [-0.25, -0.2) is 9.78 Å². The summed E-state index contributed by atoms with van der Waals surface area (Å²) < 4.78 is 4.73. The maximum absolute atomic E-state index is 11.5. The number of esters is 1. The molecule has 0 bridgehead atoms. The first-order valence-electron chi connectivity index (χ1n) is 5.52. The van der Waals surface area contributed by atoms with Crippen molar-refractivity contribution in [1.82, 2.24) is 9.97 Å². The molecule has 2 heterocycles. The van der Waals surface area contributed by atoms with E-state index in [4.69, 9.17) is 4.74 Å². The van der Waals surface area contributed by atoms with Crippen LogP contribution in [0.2, 0.25) is 0 Å². The van der Waals surface area contributed by atoms with Crippen LogP contribution >= 0.6 is 11.3 Å². The summed E-state index contributed by atoms with van der Waals surface area (Å²) in [5.74, 6) is -0.334. The Hall–Kier alpha value is -1.75. The molecule has 0 aliphatic heterocycles. The Bertz CT molecular complexity index is 585. The first-order chi connectivity index (χ1) is 8.51. The fourth-order valence-corrected chi connectivity index (χ4v) is 2.73. The van der Waals surface area contributed by atoms with E-state index in [1.807, 2.05) is 32.9 Å². The Morgan fingerprint density at radius 2 is 1.78 bits per heavy atom. The van der Waals surface area contributed by atoms with Crippen molar-refractivity contribution >= 4 is 17.3 Å². The third-order valence-corrected chi connectivity index (χ3v) is 3.68. The van der Waals surface area contributed by atoms with Gasteiger partial charge in [-0.1, -0.05) is 0 Å². The van der Waals surface area contributed by atoms with Crippen LogP contribution in [0.4, 0.5) is 0 Å². The molecule has 0 atom stereocenters. The lowest BCUT2D eigenvalue weighted by molar-refractivity contribution is 0.0605. The molecular formula is C13H14N2O2S.